The number of nitrogens with one attached hydrogen (secondary N) is 1. The van der Waals surface area contributed by atoms with Gasteiger partial charge in [0.25, 0.3) is 5.56 Å². The molecule has 0 unspecified atom stereocenters. The maximum atomic E-state index is 12.8. The number of alkyl halides is 1. The smallest absolute Gasteiger partial charge is 0.275 e. The molecule has 1 aromatic carbocycles. The van der Waals surface area contributed by atoms with Crippen LogP contribution in [0, 0.1) is 0 Å². The van der Waals surface area contributed by atoms with E-state index in [-0.39, 0.29) is 5.56 Å². The highest BCUT2D eigenvalue weighted by atomic mass is 35.5. The van der Waals surface area contributed by atoms with Gasteiger partial charge in [-0.25, -0.2) is 9.98 Å². The minimum Gasteiger partial charge on any atom is -0.378 e. The summed E-state index contributed by atoms with van der Waals surface area (Å²) in [6, 6.07) is 8.03. The van der Waals surface area contributed by atoms with Crippen molar-refractivity contribution in [3.05, 3.63) is 62.8 Å². The number of hydrogen-bond donors (Lipinski definition) is 1. The third kappa shape index (κ3) is 4.65. The average Bonchev–Trinajstić information content (AvgIpc) is 3.28. The van der Waals surface area contributed by atoms with Crippen LogP contribution in [0.15, 0.2) is 50.8 Å². The van der Waals surface area contributed by atoms with Crippen LogP contribution in [0.1, 0.15) is 12.0 Å². The Hall–Kier alpha value is -2.86. The van der Waals surface area contributed by atoms with E-state index >= 15 is 0 Å². The first-order valence-electron chi connectivity index (χ1n) is 8.70. The minimum atomic E-state index is -0.0648. The number of anilines is 1. The molecule has 0 bridgehead atoms. The number of nitrogens with zero attached hydrogens (tertiary/aromatic N) is 4. The first-order valence-corrected chi connectivity index (χ1v) is 9.23. The Balaban J connectivity index is 2.04. The Labute approximate surface area is 162 Å². The van der Waals surface area contributed by atoms with E-state index in [0.29, 0.717) is 29.7 Å². The van der Waals surface area contributed by atoms with Gasteiger partial charge in [0.05, 0.1) is 11.9 Å². The quantitative estimate of drug-likeness (QED) is 0.768. The molecule has 1 aliphatic heterocycles. The van der Waals surface area contributed by atoms with Crippen molar-refractivity contribution in [3.63, 3.8) is 0 Å². The van der Waals surface area contributed by atoms with E-state index in [4.69, 9.17) is 11.6 Å². The van der Waals surface area contributed by atoms with E-state index in [9.17, 15) is 4.79 Å². The van der Waals surface area contributed by atoms with Crippen molar-refractivity contribution < 1.29 is 0 Å². The van der Waals surface area contributed by atoms with Crippen LogP contribution in [-0.4, -0.2) is 42.1 Å². The molecule has 1 N–H and O–H groups in total. The molecule has 2 heterocycles. The average molecular weight is 384 g/mol. The maximum absolute atomic E-state index is 12.8. The van der Waals surface area contributed by atoms with E-state index in [1.54, 1.807) is 10.8 Å². The molecule has 0 spiro atoms. The topological polar surface area (TPSA) is 65.8 Å². The zero-order valence-corrected chi connectivity index (χ0v) is 16.1. The summed E-state index contributed by atoms with van der Waals surface area (Å²) in [5.74, 6) is 0.500. The summed E-state index contributed by atoms with van der Waals surface area (Å²) in [4.78, 5) is 26.1. The molecule has 0 aliphatic carbocycles. The molecule has 2 aromatic rings. The van der Waals surface area contributed by atoms with Gasteiger partial charge < -0.3 is 9.88 Å². The lowest BCUT2D eigenvalue weighted by molar-refractivity contribution is 0.644. The van der Waals surface area contributed by atoms with E-state index in [1.807, 2.05) is 61.5 Å². The fourth-order valence-electron chi connectivity index (χ4n) is 2.71. The first-order chi connectivity index (χ1) is 13.1. The number of hydrogen-bond acceptors (Lipinski definition) is 4. The van der Waals surface area contributed by atoms with Gasteiger partial charge in [0.15, 0.2) is 0 Å². The lowest BCUT2D eigenvalue weighted by atomic mass is 10.2. The van der Waals surface area contributed by atoms with Crippen molar-refractivity contribution in [3.8, 4) is 0 Å². The largest absolute Gasteiger partial charge is 0.378 e. The number of aliphatic imine (C=N–C) groups is 2. The molecule has 6 nitrogen and oxygen atoms in total. The summed E-state index contributed by atoms with van der Waals surface area (Å²) >= 11 is 5.82. The van der Waals surface area contributed by atoms with Gasteiger partial charge in [-0.3, -0.25) is 9.36 Å². The van der Waals surface area contributed by atoms with Gasteiger partial charge >= 0.3 is 0 Å². The normalized spacial score (nSPS) is 16.0. The number of aromatic nitrogens is 2. The monoisotopic (exact) mass is 383 g/mol. The third-order valence-corrected chi connectivity index (χ3v) is 4.42. The lowest BCUT2D eigenvalue weighted by Gasteiger charge is -2.11. The van der Waals surface area contributed by atoms with Crippen LogP contribution in [0.2, 0.25) is 0 Å². The summed E-state index contributed by atoms with van der Waals surface area (Å²) < 4.78 is 1.70. The molecule has 1 aromatic heterocycles. The molecule has 3 rings (SSSR count). The number of halogens is 1. The number of rotatable bonds is 6. The maximum Gasteiger partial charge on any atom is 0.275 e. The van der Waals surface area contributed by atoms with Crippen LogP contribution in [0.25, 0.3) is 12.2 Å². The van der Waals surface area contributed by atoms with E-state index < -0.39 is 0 Å². The van der Waals surface area contributed by atoms with Gasteiger partial charge in [-0.15, -0.1) is 11.6 Å². The molecule has 27 heavy (non-hydrogen) atoms. The summed E-state index contributed by atoms with van der Waals surface area (Å²) in [6.45, 7) is 0.554. The van der Waals surface area contributed by atoms with Gasteiger partial charge in [0, 0.05) is 32.2 Å². The van der Waals surface area contributed by atoms with E-state index in [1.165, 1.54) is 6.34 Å². The Morgan fingerprint density at radius 3 is 2.63 bits per heavy atom. The third-order valence-electron chi connectivity index (χ3n) is 4.16. The van der Waals surface area contributed by atoms with Crippen molar-refractivity contribution in [1.82, 2.24) is 9.55 Å². The predicted molar refractivity (Wildman–Crippen MR) is 114 cm³/mol. The molecule has 0 atom stereocenters. The highest BCUT2D eigenvalue weighted by Gasteiger charge is 2.04. The Kier molecular flexibility index (Phi) is 6.08. The summed E-state index contributed by atoms with van der Waals surface area (Å²) in [7, 11) is 3.99. The van der Waals surface area contributed by atoms with Crippen LogP contribution >= 0.6 is 11.6 Å². The molecule has 0 amide bonds. The standard InChI is InChI=1S/C20H22ClN5O/c1-25(2)17-7-4-15(5-8-17)12-18-20(27)26(11-3-10-21)19(24-18)9-6-16-13-22-14-23-16/h4-9,12-14,24H,3,10-11H2,1-2H3/b16-6?,18-12-,19-9?. The molecule has 0 saturated carbocycles. The second-order valence-corrected chi connectivity index (χ2v) is 6.71. The Morgan fingerprint density at radius 2 is 2.00 bits per heavy atom. The minimum absolute atomic E-state index is 0.0648. The van der Waals surface area contributed by atoms with Crippen molar-refractivity contribution in [1.29, 1.82) is 0 Å². The molecular formula is C20H22ClN5O. The Morgan fingerprint density at radius 1 is 1.22 bits per heavy atom. The molecule has 0 saturated heterocycles. The first kappa shape index (κ1) is 18.9. The van der Waals surface area contributed by atoms with E-state index in [2.05, 4.69) is 15.0 Å². The summed E-state index contributed by atoms with van der Waals surface area (Å²) in [5, 5.41) is 0.537. The second-order valence-electron chi connectivity index (χ2n) is 6.33. The SMILES string of the molecule is CN(C)c1ccc(/C=c2\[nH]c(=CC=C3C=NC=N3)n(CCCCl)c2=O)cc1. The van der Waals surface area contributed by atoms with Gasteiger partial charge in [0.1, 0.15) is 17.2 Å². The number of allylic oxidation sites excluding steroid dienone is 2. The number of H-pyrrole nitrogens is 1. The van der Waals surface area contributed by atoms with Crippen LogP contribution in [0.5, 0.6) is 0 Å². The van der Waals surface area contributed by atoms with Crippen molar-refractivity contribution in [2.45, 2.75) is 13.0 Å². The number of benzene rings is 1. The lowest BCUT2D eigenvalue weighted by Crippen LogP contribution is -2.31. The van der Waals surface area contributed by atoms with Gasteiger partial charge in [0.2, 0.25) is 0 Å². The highest BCUT2D eigenvalue weighted by Crippen LogP contribution is 2.12. The molecule has 140 valence electrons. The molecule has 0 radical (unpaired) electrons. The number of imidazole rings is 1. The Bertz CT molecular complexity index is 1040. The van der Waals surface area contributed by atoms with Crippen molar-refractivity contribution in [2.24, 2.45) is 9.98 Å². The van der Waals surface area contributed by atoms with Crippen LogP contribution in [-0.2, 0) is 6.54 Å². The van der Waals surface area contributed by atoms with Gasteiger partial charge in [-0.1, -0.05) is 12.1 Å². The number of aromatic amines is 1. The fraction of sp³-hybridized carbons (Fsp3) is 0.250. The van der Waals surface area contributed by atoms with Gasteiger partial charge in [-0.05, 0) is 42.3 Å². The highest BCUT2D eigenvalue weighted by molar-refractivity contribution is 6.17. The van der Waals surface area contributed by atoms with Gasteiger partial charge in [-0.2, -0.15) is 0 Å². The molecule has 7 heteroatoms. The second kappa shape index (κ2) is 8.68. The fourth-order valence-corrected chi connectivity index (χ4v) is 2.83. The zero-order valence-electron chi connectivity index (χ0n) is 15.4. The predicted octanol–water partition coefficient (Wildman–Crippen LogP) is 1.48. The van der Waals surface area contributed by atoms with E-state index in [0.717, 1.165) is 16.9 Å². The van der Waals surface area contributed by atoms with Crippen LogP contribution in [0.4, 0.5) is 5.69 Å². The van der Waals surface area contributed by atoms with Crippen molar-refractivity contribution in [2.75, 3.05) is 24.9 Å². The van der Waals surface area contributed by atoms with Crippen LogP contribution in [0.3, 0.4) is 0 Å². The summed E-state index contributed by atoms with van der Waals surface area (Å²) in [6.07, 6.45) is 9.40. The summed E-state index contributed by atoms with van der Waals surface area (Å²) in [5.41, 5.74) is 3.46. The molecule has 0 fully saturated rings. The molecule has 1 aliphatic rings. The van der Waals surface area contributed by atoms with Crippen molar-refractivity contribution >= 4 is 42.0 Å². The zero-order chi connectivity index (χ0) is 19.2. The molecular weight excluding hydrogens is 362 g/mol. The van der Waals surface area contributed by atoms with Crippen LogP contribution < -0.4 is 21.3 Å².